The number of nitrogens with zero attached hydrogens (tertiary/aromatic N) is 3. The third kappa shape index (κ3) is 2.80. The fraction of sp³-hybridized carbons (Fsp3) is 0.125. The summed E-state index contributed by atoms with van der Waals surface area (Å²) in [5.41, 5.74) is 8.04. The Hall–Kier alpha value is -0.850. The van der Waals surface area contributed by atoms with Gasteiger partial charge in [-0.25, -0.2) is 4.98 Å². The Morgan fingerprint density at radius 2 is 2.33 bits per heavy atom. The van der Waals surface area contributed by atoms with E-state index in [9.17, 15) is 0 Å². The minimum absolute atomic E-state index is 0.479. The molecular formula is C8H7ClN4S2. The van der Waals surface area contributed by atoms with Gasteiger partial charge in [0.1, 0.15) is 11.3 Å². The summed E-state index contributed by atoms with van der Waals surface area (Å²) in [7, 11) is 0. The van der Waals surface area contributed by atoms with E-state index in [0.29, 0.717) is 16.6 Å². The van der Waals surface area contributed by atoms with Crippen molar-refractivity contribution in [2.75, 3.05) is 5.73 Å². The SMILES string of the molecule is Nc1ccc(Cl)c(CSc2nncs2)n1. The molecule has 0 bridgehead atoms. The summed E-state index contributed by atoms with van der Waals surface area (Å²) in [6.07, 6.45) is 0. The van der Waals surface area contributed by atoms with Gasteiger partial charge in [0.15, 0.2) is 4.34 Å². The van der Waals surface area contributed by atoms with Crippen LogP contribution in [0.3, 0.4) is 0 Å². The van der Waals surface area contributed by atoms with Crippen molar-refractivity contribution < 1.29 is 0 Å². The second-order valence-corrected chi connectivity index (χ2v) is 5.12. The van der Waals surface area contributed by atoms with Gasteiger partial charge in [-0.2, -0.15) is 0 Å². The summed E-state index contributed by atoms with van der Waals surface area (Å²) in [4.78, 5) is 4.15. The topological polar surface area (TPSA) is 64.7 Å². The van der Waals surface area contributed by atoms with Crippen LogP contribution in [0.5, 0.6) is 0 Å². The lowest BCUT2D eigenvalue weighted by Crippen LogP contribution is -1.94. The summed E-state index contributed by atoms with van der Waals surface area (Å²) in [6, 6.07) is 3.43. The first-order valence-electron chi connectivity index (χ1n) is 4.05. The molecule has 2 aromatic heterocycles. The quantitative estimate of drug-likeness (QED) is 0.857. The third-order valence-electron chi connectivity index (χ3n) is 1.61. The van der Waals surface area contributed by atoms with Crippen molar-refractivity contribution in [1.29, 1.82) is 0 Å². The fourth-order valence-electron chi connectivity index (χ4n) is 0.958. The molecule has 4 nitrogen and oxygen atoms in total. The van der Waals surface area contributed by atoms with Crippen LogP contribution in [-0.4, -0.2) is 15.2 Å². The van der Waals surface area contributed by atoms with Crippen LogP contribution in [0.4, 0.5) is 5.82 Å². The molecule has 2 aromatic rings. The molecule has 0 saturated carbocycles. The van der Waals surface area contributed by atoms with E-state index in [-0.39, 0.29) is 0 Å². The predicted molar refractivity (Wildman–Crippen MR) is 63.1 cm³/mol. The smallest absolute Gasteiger partial charge is 0.174 e. The van der Waals surface area contributed by atoms with Crippen LogP contribution in [0.25, 0.3) is 0 Å². The van der Waals surface area contributed by atoms with Gasteiger partial charge in [-0.15, -0.1) is 10.2 Å². The average Bonchev–Trinajstić information content (AvgIpc) is 2.72. The molecule has 2 N–H and O–H groups in total. The number of anilines is 1. The van der Waals surface area contributed by atoms with Crippen LogP contribution < -0.4 is 5.73 Å². The molecule has 0 aliphatic carbocycles. The number of aromatic nitrogens is 3. The van der Waals surface area contributed by atoms with Crippen LogP contribution in [-0.2, 0) is 5.75 Å². The summed E-state index contributed by atoms with van der Waals surface area (Å²) in [6.45, 7) is 0. The van der Waals surface area contributed by atoms with Gasteiger partial charge in [-0.05, 0) is 12.1 Å². The average molecular weight is 259 g/mol. The Balaban J connectivity index is 2.07. The second-order valence-electron chi connectivity index (χ2n) is 2.66. The maximum Gasteiger partial charge on any atom is 0.174 e. The van der Waals surface area contributed by atoms with Gasteiger partial charge in [0.25, 0.3) is 0 Å². The van der Waals surface area contributed by atoms with E-state index in [1.807, 2.05) is 0 Å². The molecule has 7 heteroatoms. The highest BCUT2D eigenvalue weighted by atomic mass is 35.5. The lowest BCUT2D eigenvalue weighted by Gasteiger charge is -2.02. The molecule has 2 heterocycles. The van der Waals surface area contributed by atoms with Crippen molar-refractivity contribution in [2.24, 2.45) is 0 Å². The number of hydrogen-bond donors (Lipinski definition) is 1. The van der Waals surface area contributed by atoms with Gasteiger partial charge >= 0.3 is 0 Å². The predicted octanol–water partition coefficient (Wildman–Crippen LogP) is 2.46. The maximum absolute atomic E-state index is 5.97. The number of nitrogen functional groups attached to an aromatic ring is 1. The molecule has 15 heavy (non-hydrogen) atoms. The van der Waals surface area contributed by atoms with Gasteiger partial charge in [0.05, 0.1) is 10.7 Å². The van der Waals surface area contributed by atoms with Gasteiger partial charge in [0.2, 0.25) is 0 Å². The highest BCUT2D eigenvalue weighted by molar-refractivity contribution is 8.00. The van der Waals surface area contributed by atoms with Gasteiger partial charge < -0.3 is 5.73 Å². The third-order valence-corrected chi connectivity index (χ3v) is 3.83. The Morgan fingerprint density at radius 3 is 3.07 bits per heavy atom. The highest BCUT2D eigenvalue weighted by Gasteiger charge is 2.05. The number of pyridine rings is 1. The summed E-state index contributed by atoms with van der Waals surface area (Å²) in [5, 5.41) is 8.28. The number of hydrogen-bond acceptors (Lipinski definition) is 6. The van der Waals surface area contributed by atoms with Gasteiger partial charge in [-0.3, -0.25) is 0 Å². The first-order valence-corrected chi connectivity index (χ1v) is 6.30. The summed E-state index contributed by atoms with van der Waals surface area (Å²) >= 11 is 9.01. The summed E-state index contributed by atoms with van der Waals surface area (Å²) < 4.78 is 0.898. The number of rotatable bonds is 3. The van der Waals surface area contributed by atoms with Crippen molar-refractivity contribution in [2.45, 2.75) is 10.1 Å². The molecule has 0 aromatic carbocycles. The number of nitrogens with two attached hydrogens (primary N) is 1. The van der Waals surface area contributed by atoms with E-state index in [1.165, 1.54) is 11.3 Å². The molecule has 0 aliphatic heterocycles. The normalized spacial score (nSPS) is 10.5. The molecule has 0 unspecified atom stereocenters. The van der Waals surface area contributed by atoms with Crippen molar-refractivity contribution >= 4 is 40.5 Å². The Morgan fingerprint density at radius 1 is 1.47 bits per heavy atom. The monoisotopic (exact) mass is 258 g/mol. The zero-order valence-corrected chi connectivity index (χ0v) is 9.94. The first-order chi connectivity index (χ1) is 7.25. The fourth-order valence-corrected chi connectivity index (χ4v) is 2.65. The summed E-state index contributed by atoms with van der Waals surface area (Å²) in [5.74, 6) is 1.13. The lowest BCUT2D eigenvalue weighted by atomic mass is 10.4. The van der Waals surface area contributed by atoms with Crippen LogP contribution >= 0.6 is 34.7 Å². The first kappa shape index (κ1) is 10.7. The molecule has 0 fully saturated rings. The largest absolute Gasteiger partial charge is 0.384 e. The van der Waals surface area contributed by atoms with Crippen molar-refractivity contribution in [3.8, 4) is 0 Å². The molecular weight excluding hydrogens is 252 g/mol. The minimum atomic E-state index is 0.479. The number of thioether (sulfide) groups is 1. The Labute approximate surface area is 99.9 Å². The van der Waals surface area contributed by atoms with Crippen molar-refractivity contribution in [1.82, 2.24) is 15.2 Å². The Kier molecular flexibility index (Phi) is 3.40. The molecule has 0 saturated heterocycles. The zero-order valence-electron chi connectivity index (χ0n) is 7.55. The van der Waals surface area contributed by atoms with Crippen LogP contribution in [0.1, 0.15) is 5.69 Å². The highest BCUT2D eigenvalue weighted by Crippen LogP contribution is 2.26. The minimum Gasteiger partial charge on any atom is -0.384 e. The standard InChI is InChI=1S/C8H7ClN4S2/c9-5-1-2-7(10)12-6(5)3-14-8-13-11-4-15-8/h1-2,4H,3H2,(H2,10,12). The van der Waals surface area contributed by atoms with E-state index >= 15 is 0 Å². The molecule has 0 atom stereocenters. The van der Waals surface area contributed by atoms with E-state index in [1.54, 1.807) is 29.4 Å². The lowest BCUT2D eigenvalue weighted by molar-refractivity contribution is 1.01. The van der Waals surface area contributed by atoms with E-state index in [0.717, 1.165) is 10.0 Å². The van der Waals surface area contributed by atoms with Crippen molar-refractivity contribution in [3.63, 3.8) is 0 Å². The van der Waals surface area contributed by atoms with E-state index in [4.69, 9.17) is 17.3 Å². The number of halogens is 1. The molecule has 0 spiro atoms. The molecule has 0 radical (unpaired) electrons. The van der Waals surface area contributed by atoms with Crippen molar-refractivity contribution in [3.05, 3.63) is 28.4 Å². The second kappa shape index (κ2) is 4.78. The zero-order chi connectivity index (χ0) is 10.7. The molecule has 0 amide bonds. The molecule has 78 valence electrons. The Bertz CT molecular complexity index is 446. The van der Waals surface area contributed by atoms with Crippen LogP contribution in [0, 0.1) is 0 Å². The maximum atomic E-state index is 5.97. The van der Waals surface area contributed by atoms with Gasteiger partial charge in [0, 0.05) is 5.75 Å². The molecule has 0 aliphatic rings. The van der Waals surface area contributed by atoms with E-state index < -0.39 is 0 Å². The van der Waals surface area contributed by atoms with Crippen LogP contribution in [0.2, 0.25) is 5.02 Å². The van der Waals surface area contributed by atoms with E-state index in [2.05, 4.69) is 15.2 Å². The van der Waals surface area contributed by atoms with Crippen LogP contribution in [0.15, 0.2) is 22.0 Å². The molecule has 2 rings (SSSR count). The van der Waals surface area contributed by atoms with Gasteiger partial charge in [-0.1, -0.05) is 34.7 Å².